The maximum atomic E-state index is 13.6. The number of allylic oxidation sites excluding steroid dienone is 2. The molecule has 50 heavy (non-hydrogen) atoms. The Hall–Kier alpha value is -3.37. The van der Waals surface area contributed by atoms with E-state index in [-0.39, 0.29) is 21.3 Å². The smallest absolute Gasteiger partial charge is 0.362 e. The molecule has 10 heteroatoms. The first-order valence-electron chi connectivity index (χ1n) is 15.1. The van der Waals surface area contributed by atoms with Crippen LogP contribution in [-0.2, 0) is 4.74 Å². The summed E-state index contributed by atoms with van der Waals surface area (Å²) in [6.07, 6.45) is 7.01. The van der Waals surface area contributed by atoms with Gasteiger partial charge in [-0.3, -0.25) is 9.59 Å². The van der Waals surface area contributed by atoms with Gasteiger partial charge in [0.15, 0.2) is 0 Å². The SMILES string of the molecule is O=c1c(=Cc2cc(-c3ccc(Br)c(Br)c3)[o+]c(-c3ccccc3Cl)c2)c(=O)c1=CC1C=C(c2ccc(Br)c(Br)c2)OC(c2ccccc2Cl)=C1. The van der Waals surface area contributed by atoms with Gasteiger partial charge in [0.25, 0.3) is 0 Å². The molecule has 0 bridgehead atoms. The summed E-state index contributed by atoms with van der Waals surface area (Å²) in [4.78, 5) is 27.2. The highest BCUT2D eigenvalue weighted by Crippen LogP contribution is 2.38. The Morgan fingerprint density at radius 2 is 1.16 bits per heavy atom. The first-order chi connectivity index (χ1) is 24.0. The van der Waals surface area contributed by atoms with Crippen molar-refractivity contribution < 1.29 is 9.15 Å². The second kappa shape index (κ2) is 14.7. The molecule has 1 atom stereocenters. The zero-order chi connectivity index (χ0) is 35.1. The molecule has 1 aliphatic heterocycles. The Kier molecular flexibility index (Phi) is 10.3. The highest BCUT2D eigenvalue weighted by Gasteiger charge is 2.24. The molecule has 1 aliphatic rings. The molecule has 0 radical (unpaired) electrons. The van der Waals surface area contributed by atoms with E-state index in [4.69, 9.17) is 32.4 Å². The van der Waals surface area contributed by atoms with Crippen LogP contribution in [-0.4, -0.2) is 0 Å². The van der Waals surface area contributed by atoms with Gasteiger partial charge in [-0.25, -0.2) is 4.42 Å². The topological polar surface area (TPSA) is 54.7 Å². The molecule has 5 aromatic carbocycles. The fourth-order valence-corrected chi connectivity index (χ4v) is 7.27. The largest absolute Gasteiger partial charge is 0.457 e. The van der Waals surface area contributed by atoms with Crippen LogP contribution < -0.4 is 21.3 Å². The predicted octanol–water partition coefficient (Wildman–Crippen LogP) is 11.2. The predicted molar refractivity (Wildman–Crippen MR) is 217 cm³/mol. The lowest BCUT2D eigenvalue weighted by atomic mass is 9.97. The summed E-state index contributed by atoms with van der Waals surface area (Å²) in [5, 5.41) is 1.21. The van der Waals surface area contributed by atoms with Gasteiger partial charge < -0.3 is 4.74 Å². The molecule has 0 saturated carbocycles. The molecule has 0 amide bonds. The molecule has 1 unspecified atom stereocenters. The Morgan fingerprint density at radius 3 is 1.80 bits per heavy atom. The molecule has 1 aromatic heterocycles. The summed E-state index contributed by atoms with van der Waals surface area (Å²) in [7, 11) is 0. The van der Waals surface area contributed by atoms with Crippen LogP contribution >= 0.6 is 86.9 Å². The van der Waals surface area contributed by atoms with E-state index in [1.165, 1.54) is 0 Å². The summed E-state index contributed by atoms with van der Waals surface area (Å²) in [6.45, 7) is 0. The number of rotatable bonds is 6. The zero-order valence-electron chi connectivity index (χ0n) is 25.5. The molecular weight excluding hydrogens is 935 g/mol. The van der Waals surface area contributed by atoms with Gasteiger partial charge in [-0.2, -0.15) is 0 Å². The highest BCUT2D eigenvalue weighted by atomic mass is 79.9. The molecule has 6 aromatic rings. The van der Waals surface area contributed by atoms with Crippen LogP contribution in [0.15, 0.2) is 141 Å². The quantitative estimate of drug-likeness (QED) is 0.156. The zero-order valence-corrected chi connectivity index (χ0v) is 33.4. The third-order valence-corrected chi connectivity index (χ3v) is 12.5. The first-order valence-corrected chi connectivity index (χ1v) is 19.0. The fourth-order valence-electron chi connectivity index (χ4n) is 5.56. The average Bonchev–Trinajstić information content (AvgIpc) is 3.12. The van der Waals surface area contributed by atoms with Crippen molar-refractivity contribution in [3.8, 4) is 22.6 Å². The molecule has 0 N–H and O–H groups in total. The van der Waals surface area contributed by atoms with Crippen molar-refractivity contribution in [2.75, 3.05) is 0 Å². The number of hydrogen-bond donors (Lipinski definition) is 0. The summed E-state index contributed by atoms with van der Waals surface area (Å²) in [6, 6.07) is 29.8. The van der Waals surface area contributed by atoms with Crippen LogP contribution in [0.3, 0.4) is 0 Å². The molecule has 0 saturated heterocycles. The van der Waals surface area contributed by atoms with E-state index in [1.54, 1.807) is 36.4 Å². The van der Waals surface area contributed by atoms with Crippen LogP contribution in [0.1, 0.15) is 16.7 Å². The number of benzene rings is 4. The number of hydrogen-bond acceptors (Lipinski definition) is 3. The van der Waals surface area contributed by atoms with E-state index in [0.717, 1.165) is 29.0 Å². The highest BCUT2D eigenvalue weighted by molar-refractivity contribution is 9.13. The lowest BCUT2D eigenvalue weighted by molar-refractivity contribution is 0.458. The van der Waals surface area contributed by atoms with Crippen molar-refractivity contribution in [2.24, 2.45) is 5.92 Å². The van der Waals surface area contributed by atoms with E-state index in [0.29, 0.717) is 49.8 Å². The second-order valence-electron chi connectivity index (χ2n) is 11.4. The van der Waals surface area contributed by atoms with E-state index < -0.39 is 5.92 Å². The molecule has 4 nitrogen and oxygen atoms in total. The fraction of sp³-hybridized carbons (Fsp3) is 0.0250. The third-order valence-electron chi connectivity index (χ3n) is 8.06. The maximum absolute atomic E-state index is 13.6. The monoisotopic (exact) mass is 951 g/mol. The van der Waals surface area contributed by atoms with E-state index >= 15 is 0 Å². The molecular formula is C40H21Br4Cl2O4+. The van der Waals surface area contributed by atoms with Crippen molar-refractivity contribution in [1.82, 2.24) is 0 Å². The first kappa shape index (κ1) is 35.1. The van der Waals surface area contributed by atoms with Crippen LogP contribution in [0.5, 0.6) is 0 Å². The van der Waals surface area contributed by atoms with Crippen molar-refractivity contribution in [3.05, 3.63) is 185 Å². The Morgan fingerprint density at radius 1 is 0.600 bits per heavy atom. The lowest BCUT2D eigenvalue weighted by Crippen LogP contribution is -2.64. The second-order valence-corrected chi connectivity index (χ2v) is 15.6. The average molecular weight is 956 g/mol. The Balaban J connectivity index is 1.34. The summed E-state index contributed by atoms with van der Waals surface area (Å²) >= 11 is 27.2. The van der Waals surface area contributed by atoms with Gasteiger partial charge in [-0.1, -0.05) is 59.6 Å². The van der Waals surface area contributed by atoms with Crippen LogP contribution in [0, 0.1) is 5.92 Å². The molecule has 0 aliphatic carbocycles. The van der Waals surface area contributed by atoms with Crippen molar-refractivity contribution in [1.29, 1.82) is 0 Å². The molecule has 0 fully saturated rings. The normalized spacial score (nSPS) is 14.2. The van der Waals surface area contributed by atoms with Crippen LogP contribution in [0.4, 0.5) is 0 Å². The van der Waals surface area contributed by atoms with Gasteiger partial charge in [0.2, 0.25) is 10.9 Å². The van der Waals surface area contributed by atoms with Gasteiger partial charge in [-0.15, -0.1) is 0 Å². The van der Waals surface area contributed by atoms with Gasteiger partial charge in [0.05, 0.1) is 43.7 Å². The summed E-state index contributed by atoms with van der Waals surface area (Å²) in [5.74, 6) is 1.69. The van der Waals surface area contributed by atoms with Gasteiger partial charge in [0.1, 0.15) is 11.5 Å². The van der Waals surface area contributed by atoms with Gasteiger partial charge >= 0.3 is 11.5 Å². The third kappa shape index (κ3) is 7.20. The van der Waals surface area contributed by atoms with E-state index in [1.807, 2.05) is 84.9 Å². The van der Waals surface area contributed by atoms with Crippen LogP contribution in [0.2, 0.25) is 10.0 Å². The van der Waals surface area contributed by atoms with Gasteiger partial charge in [-0.05, 0) is 142 Å². The Labute approximate surface area is 330 Å². The molecule has 7 rings (SSSR count). The Bertz CT molecular complexity index is 2570. The van der Waals surface area contributed by atoms with Crippen molar-refractivity contribution >= 4 is 111 Å². The maximum Gasteiger partial charge on any atom is 0.362 e. The number of ether oxygens (including phenoxy) is 1. The van der Waals surface area contributed by atoms with E-state index in [2.05, 4.69) is 63.7 Å². The van der Waals surface area contributed by atoms with E-state index in [9.17, 15) is 9.59 Å². The molecule has 2 heterocycles. The van der Waals surface area contributed by atoms with Gasteiger partial charge in [0, 0.05) is 34.9 Å². The van der Waals surface area contributed by atoms with Crippen LogP contribution in [0.25, 0.3) is 46.3 Å². The standard InChI is InChI=1S/C40H21Br4Cl2O4/c41-29-11-9-23(19-31(29)43)35-15-21(17-37(49-35)25-5-1-3-7-33(25)45)13-27-39(47)28(40(27)48)14-22-16-36(24-10-12-30(42)32(44)20-24)50-38(18-22)26-6-2-4-8-34(26)46/h1-21H/q+1. The minimum atomic E-state index is -0.429. The summed E-state index contributed by atoms with van der Waals surface area (Å²) in [5.41, 5.74) is 2.91. The van der Waals surface area contributed by atoms with Crippen molar-refractivity contribution in [2.45, 2.75) is 0 Å². The molecule has 0 spiro atoms. The van der Waals surface area contributed by atoms with Crippen molar-refractivity contribution in [3.63, 3.8) is 0 Å². The molecule has 246 valence electrons. The lowest BCUT2D eigenvalue weighted by Gasteiger charge is -2.22. The summed E-state index contributed by atoms with van der Waals surface area (Å²) < 4.78 is 16.1. The number of halogens is 6. The minimum Gasteiger partial charge on any atom is -0.457 e. The minimum absolute atomic E-state index is 0.0823.